The molecule has 7 heavy (non-hydrogen) atoms. The number of hydrogen-bond acceptors (Lipinski definition) is 1. The summed E-state index contributed by atoms with van der Waals surface area (Å²) in [6.07, 6.45) is 0. The second-order valence-electron chi connectivity index (χ2n) is 1.33. The highest BCUT2D eigenvalue weighted by Crippen LogP contribution is 1.95. The molecule has 1 heteroatoms. The van der Waals surface area contributed by atoms with Crippen LogP contribution in [0.15, 0.2) is 24.3 Å². The molecule has 1 aromatic carbocycles. The van der Waals surface area contributed by atoms with Crippen LogP contribution in [0.3, 0.4) is 0 Å². The maximum absolute atomic E-state index is 5.34. The highest BCUT2D eigenvalue weighted by molar-refractivity contribution is 5.35. The van der Waals surface area contributed by atoms with Gasteiger partial charge in [-0.1, -0.05) is 12.1 Å². The third-order valence-corrected chi connectivity index (χ3v) is 0.744. The normalized spacial score (nSPS) is 8.57. The lowest BCUT2D eigenvalue weighted by Gasteiger charge is -1.83. The Kier molecular flexibility index (Phi) is 0.984. The first-order chi connectivity index (χ1) is 3.39. The van der Waals surface area contributed by atoms with E-state index in [2.05, 4.69) is 6.07 Å². The van der Waals surface area contributed by atoms with E-state index in [1.165, 1.54) is 0 Å². The van der Waals surface area contributed by atoms with Gasteiger partial charge in [0.25, 0.3) is 0 Å². The topological polar surface area (TPSA) is 26.0 Å². The van der Waals surface area contributed by atoms with Crippen LogP contribution in [-0.4, -0.2) is 0 Å². The van der Waals surface area contributed by atoms with E-state index in [1.54, 1.807) is 24.3 Å². The van der Waals surface area contributed by atoms with E-state index in [0.29, 0.717) is 0 Å². The molecule has 1 aromatic rings. The van der Waals surface area contributed by atoms with Gasteiger partial charge in [0.15, 0.2) is 0 Å². The molecule has 0 aliphatic carbocycles. The minimum Gasteiger partial charge on any atom is -0.399 e. The molecular weight excluding hydrogens is 86.1 g/mol. The van der Waals surface area contributed by atoms with Gasteiger partial charge in [-0.3, -0.25) is 0 Å². The summed E-state index contributed by atoms with van der Waals surface area (Å²) in [5, 5.41) is 0. The Labute approximate surface area is 42.8 Å². The van der Waals surface area contributed by atoms with E-state index in [4.69, 9.17) is 5.73 Å². The van der Waals surface area contributed by atoms with Crippen molar-refractivity contribution >= 4 is 5.69 Å². The molecule has 0 amide bonds. The maximum atomic E-state index is 5.34. The summed E-state index contributed by atoms with van der Waals surface area (Å²) in [7, 11) is 0. The smallest absolute Gasteiger partial charge is 0.0314 e. The molecule has 0 aromatic heterocycles. The quantitative estimate of drug-likeness (QED) is 0.476. The van der Waals surface area contributed by atoms with Gasteiger partial charge in [-0.25, -0.2) is 0 Å². The molecule has 0 saturated carbocycles. The lowest BCUT2D eigenvalue weighted by molar-refractivity contribution is 1.67. The van der Waals surface area contributed by atoms with Crippen LogP contribution in [0.2, 0.25) is 0 Å². The molecule has 0 fully saturated rings. The minimum atomic E-state index is 0.791. The predicted molar refractivity (Wildman–Crippen MR) is 29.7 cm³/mol. The van der Waals surface area contributed by atoms with Crippen molar-refractivity contribution in [3.05, 3.63) is 30.3 Å². The molecule has 1 nitrogen and oxygen atoms in total. The zero-order chi connectivity index (χ0) is 5.11. The fraction of sp³-hybridized carbons (Fsp3) is 0. The van der Waals surface area contributed by atoms with E-state index >= 15 is 0 Å². The first-order valence-electron chi connectivity index (χ1n) is 2.11. The molecule has 0 aliphatic rings. The van der Waals surface area contributed by atoms with E-state index in [0.717, 1.165) is 5.69 Å². The molecule has 2 N–H and O–H groups in total. The fourth-order valence-electron chi connectivity index (χ4n) is 0.400. The maximum Gasteiger partial charge on any atom is 0.0314 e. The summed E-state index contributed by atoms with van der Waals surface area (Å²) in [5.41, 5.74) is 6.13. The Morgan fingerprint density at radius 3 is 2.14 bits per heavy atom. The molecule has 0 atom stereocenters. The molecule has 0 saturated heterocycles. The average Bonchev–Trinajstić information content (AvgIpc) is 1.69. The lowest BCUT2D eigenvalue weighted by atomic mass is 10.3. The standard InChI is InChI=1S/C6H6N/c7-6-4-2-1-3-5-6/h2-5H,7H2. The van der Waals surface area contributed by atoms with Crippen LogP contribution in [0.25, 0.3) is 0 Å². The minimum absolute atomic E-state index is 0.791. The van der Waals surface area contributed by atoms with Crippen molar-refractivity contribution in [3.8, 4) is 0 Å². The monoisotopic (exact) mass is 92.1 g/mol. The zero-order valence-corrected chi connectivity index (χ0v) is 3.89. The van der Waals surface area contributed by atoms with Crippen molar-refractivity contribution in [1.82, 2.24) is 0 Å². The largest absolute Gasteiger partial charge is 0.399 e. The van der Waals surface area contributed by atoms with Crippen molar-refractivity contribution in [2.45, 2.75) is 0 Å². The van der Waals surface area contributed by atoms with Crippen LogP contribution in [0, 0.1) is 6.07 Å². The van der Waals surface area contributed by atoms with E-state index in [-0.39, 0.29) is 0 Å². The number of rotatable bonds is 0. The van der Waals surface area contributed by atoms with Crippen LogP contribution in [0.5, 0.6) is 0 Å². The van der Waals surface area contributed by atoms with Crippen LogP contribution in [0.4, 0.5) is 5.69 Å². The molecule has 35 valence electrons. The van der Waals surface area contributed by atoms with E-state index in [9.17, 15) is 0 Å². The lowest BCUT2D eigenvalue weighted by Crippen LogP contribution is -1.79. The van der Waals surface area contributed by atoms with Crippen LogP contribution < -0.4 is 5.73 Å². The van der Waals surface area contributed by atoms with Crippen LogP contribution in [0.1, 0.15) is 0 Å². The second-order valence-corrected chi connectivity index (χ2v) is 1.33. The average molecular weight is 92.1 g/mol. The Hall–Kier alpha value is -0.980. The number of anilines is 1. The molecule has 0 heterocycles. The zero-order valence-electron chi connectivity index (χ0n) is 3.89. The predicted octanol–water partition coefficient (Wildman–Crippen LogP) is 1.07. The van der Waals surface area contributed by atoms with Crippen molar-refractivity contribution in [3.63, 3.8) is 0 Å². The molecule has 0 aliphatic heterocycles. The van der Waals surface area contributed by atoms with Crippen molar-refractivity contribution in [1.29, 1.82) is 0 Å². The molecule has 1 rings (SSSR count). The SMILES string of the molecule is Nc1cc[c]cc1. The molecule has 0 bridgehead atoms. The third-order valence-electron chi connectivity index (χ3n) is 0.744. The Bertz CT molecular complexity index is 134. The first kappa shape index (κ1) is 4.19. The van der Waals surface area contributed by atoms with E-state index in [1.807, 2.05) is 0 Å². The van der Waals surface area contributed by atoms with E-state index < -0.39 is 0 Å². The molecule has 0 spiro atoms. The second kappa shape index (κ2) is 1.65. The fourth-order valence-corrected chi connectivity index (χ4v) is 0.400. The van der Waals surface area contributed by atoms with Gasteiger partial charge >= 0.3 is 0 Å². The third kappa shape index (κ3) is 0.929. The van der Waals surface area contributed by atoms with Gasteiger partial charge in [0.05, 0.1) is 0 Å². The number of nitrogen functional groups attached to an aromatic ring is 1. The number of nitrogens with two attached hydrogens (primary N) is 1. The van der Waals surface area contributed by atoms with Gasteiger partial charge in [0, 0.05) is 5.69 Å². The van der Waals surface area contributed by atoms with Gasteiger partial charge in [-0.2, -0.15) is 0 Å². The van der Waals surface area contributed by atoms with Crippen molar-refractivity contribution in [2.75, 3.05) is 5.73 Å². The summed E-state index contributed by atoms with van der Waals surface area (Å²) in [6.45, 7) is 0. The Morgan fingerprint density at radius 2 is 1.86 bits per heavy atom. The molecule has 1 radical (unpaired) electrons. The number of benzene rings is 1. The Balaban J connectivity index is 3.02. The summed E-state index contributed by atoms with van der Waals surface area (Å²) < 4.78 is 0. The first-order valence-corrected chi connectivity index (χ1v) is 2.11. The van der Waals surface area contributed by atoms with Crippen LogP contribution >= 0.6 is 0 Å². The van der Waals surface area contributed by atoms with Gasteiger partial charge in [0.2, 0.25) is 0 Å². The highest BCUT2D eigenvalue weighted by Gasteiger charge is 1.72. The summed E-state index contributed by atoms with van der Waals surface area (Å²) >= 11 is 0. The van der Waals surface area contributed by atoms with Gasteiger partial charge < -0.3 is 5.73 Å². The van der Waals surface area contributed by atoms with Crippen molar-refractivity contribution in [2.24, 2.45) is 0 Å². The number of hydrogen-bond donors (Lipinski definition) is 1. The summed E-state index contributed by atoms with van der Waals surface area (Å²) in [6, 6.07) is 10.0. The molecular formula is C6H6N. The summed E-state index contributed by atoms with van der Waals surface area (Å²) in [4.78, 5) is 0. The summed E-state index contributed by atoms with van der Waals surface area (Å²) in [5.74, 6) is 0. The Morgan fingerprint density at radius 1 is 1.29 bits per heavy atom. The molecule has 0 unspecified atom stereocenters. The van der Waals surface area contributed by atoms with Gasteiger partial charge in [0.1, 0.15) is 0 Å². The van der Waals surface area contributed by atoms with Gasteiger partial charge in [-0.15, -0.1) is 0 Å². The van der Waals surface area contributed by atoms with Crippen LogP contribution in [-0.2, 0) is 0 Å². The van der Waals surface area contributed by atoms with Gasteiger partial charge in [-0.05, 0) is 18.2 Å². The van der Waals surface area contributed by atoms with Crippen molar-refractivity contribution < 1.29 is 0 Å². The highest BCUT2D eigenvalue weighted by atomic mass is 14.5.